The number of carbonyl (C=O) groups excluding carboxylic acids is 1. The summed E-state index contributed by atoms with van der Waals surface area (Å²) < 4.78 is 1.90. The van der Waals surface area contributed by atoms with E-state index in [1.165, 1.54) is 11.3 Å². The molecule has 0 aliphatic carbocycles. The van der Waals surface area contributed by atoms with Crippen LogP contribution in [-0.2, 0) is 13.0 Å². The molecule has 22 heavy (non-hydrogen) atoms. The minimum Gasteiger partial charge on any atom is -0.330 e. The Labute approximate surface area is 132 Å². The zero-order valence-corrected chi connectivity index (χ0v) is 13.1. The standard InChI is InChI=1S/C15H17N5OS/c1-2-20-13-7-11(4-3-10(13)8-17-20)18-15(21)12-9-22-14(19-12)5-6-16/h3-4,7-9H,2,5-6,16H2,1H3,(H,18,21). The average molecular weight is 315 g/mol. The predicted molar refractivity (Wildman–Crippen MR) is 88.2 cm³/mol. The Hall–Kier alpha value is -2.25. The first-order valence-electron chi connectivity index (χ1n) is 7.12. The Morgan fingerprint density at radius 1 is 1.45 bits per heavy atom. The van der Waals surface area contributed by atoms with E-state index in [-0.39, 0.29) is 5.91 Å². The molecule has 0 fully saturated rings. The van der Waals surface area contributed by atoms with Crippen LogP contribution in [0.4, 0.5) is 5.69 Å². The molecule has 0 atom stereocenters. The fourth-order valence-corrected chi connectivity index (χ4v) is 3.04. The molecule has 0 radical (unpaired) electrons. The van der Waals surface area contributed by atoms with Gasteiger partial charge in [0.15, 0.2) is 0 Å². The van der Waals surface area contributed by atoms with Crippen molar-refractivity contribution in [2.24, 2.45) is 5.73 Å². The van der Waals surface area contributed by atoms with E-state index in [2.05, 4.69) is 15.4 Å². The van der Waals surface area contributed by atoms with Crippen molar-refractivity contribution < 1.29 is 4.79 Å². The van der Waals surface area contributed by atoms with Crippen molar-refractivity contribution in [2.45, 2.75) is 19.9 Å². The summed E-state index contributed by atoms with van der Waals surface area (Å²) in [5, 5.41) is 10.9. The van der Waals surface area contributed by atoms with Crippen molar-refractivity contribution in [1.82, 2.24) is 14.8 Å². The highest BCUT2D eigenvalue weighted by Gasteiger charge is 2.11. The molecule has 2 heterocycles. The average Bonchev–Trinajstić information content (AvgIpc) is 3.14. The molecule has 3 rings (SSSR count). The van der Waals surface area contributed by atoms with Gasteiger partial charge in [0, 0.05) is 29.4 Å². The van der Waals surface area contributed by atoms with Crippen LogP contribution in [0.15, 0.2) is 29.8 Å². The van der Waals surface area contributed by atoms with E-state index in [0.29, 0.717) is 18.7 Å². The number of nitrogens with two attached hydrogens (primary N) is 1. The number of aromatic nitrogens is 3. The molecule has 1 aromatic carbocycles. The molecule has 0 saturated heterocycles. The third kappa shape index (κ3) is 2.86. The van der Waals surface area contributed by atoms with Crippen LogP contribution in [0.25, 0.3) is 10.9 Å². The number of benzene rings is 1. The van der Waals surface area contributed by atoms with Gasteiger partial charge in [-0.05, 0) is 31.7 Å². The highest BCUT2D eigenvalue weighted by molar-refractivity contribution is 7.09. The summed E-state index contributed by atoms with van der Waals surface area (Å²) in [5.41, 5.74) is 7.66. The highest BCUT2D eigenvalue weighted by Crippen LogP contribution is 2.20. The second kappa shape index (κ2) is 6.25. The monoisotopic (exact) mass is 315 g/mol. The smallest absolute Gasteiger partial charge is 0.275 e. The van der Waals surface area contributed by atoms with E-state index >= 15 is 0 Å². The van der Waals surface area contributed by atoms with E-state index in [9.17, 15) is 4.79 Å². The summed E-state index contributed by atoms with van der Waals surface area (Å²) in [5.74, 6) is -0.207. The lowest BCUT2D eigenvalue weighted by Crippen LogP contribution is -2.13. The maximum absolute atomic E-state index is 12.2. The largest absolute Gasteiger partial charge is 0.330 e. The summed E-state index contributed by atoms with van der Waals surface area (Å²) in [6.45, 7) is 3.35. The van der Waals surface area contributed by atoms with E-state index in [1.807, 2.05) is 36.0 Å². The van der Waals surface area contributed by atoms with Crippen LogP contribution < -0.4 is 11.1 Å². The summed E-state index contributed by atoms with van der Waals surface area (Å²) in [6, 6.07) is 5.75. The van der Waals surface area contributed by atoms with Crippen molar-refractivity contribution in [2.75, 3.05) is 11.9 Å². The number of carbonyl (C=O) groups is 1. The van der Waals surface area contributed by atoms with Gasteiger partial charge in [0.05, 0.1) is 16.7 Å². The Bertz CT molecular complexity index is 807. The van der Waals surface area contributed by atoms with Crippen LogP contribution in [0.5, 0.6) is 0 Å². The first-order chi connectivity index (χ1) is 10.7. The first-order valence-corrected chi connectivity index (χ1v) is 8.00. The van der Waals surface area contributed by atoms with Gasteiger partial charge in [-0.3, -0.25) is 9.48 Å². The van der Waals surface area contributed by atoms with Gasteiger partial charge in [0.25, 0.3) is 5.91 Å². The number of hydrogen-bond donors (Lipinski definition) is 2. The summed E-state index contributed by atoms with van der Waals surface area (Å²) >= 11 is 1.46. The van der Waals surface area contributed by atoms with Crippen LogP contribution >= 0.6 is 11.3 Å². The zero-order valence-electron chi connectivity index (χ0n) is 12.2. The Morgan fingerprint density at radius 3 is 3.09 bits per heavy atom. The van der Waals surface area contributed by atoms with Crippen LogP contribution in [0.2, 0.25) is 0 Å². The molecule has 1 amide bonds. The summed E-state index contributed by atoms with van der Waals surface area (Å²) in [6.07, 6.45) is 2.52. The Balaban J connectivity index is 1.80. The number of amides is 1. The maximum Gasteiger partial charge on any atom is 0.275 e. The fraction of sp³-hybridized carbons (Fsp3) is 0.267. The van der Waals surface area contributed by atoms with Crippen molar-refractivity contribution in [1.29, 1.82) is 0 Å². The molecule has 0 bridgehead atoms. The number of fused-ring (bicyclic) bond motifs is 1. The Kier molecular flexibility index (Phi) is 4.17. The minimum absolute atomic E-state index is 0.207. The lowest BCUT2D eigenvalue weighted by Gasteiger charge is -2.05. The summed E-state index contributed by atoms with van der Waals surface area (Å²) in [4.78, 5) is 16.5. The van der Waals surface area contributed by atoms with E-state index in [4.69, 9.17) is 5.73 Å². The van der Waals surface area contributed by atoms with Crippen molar-refractivity contribution >= 4 is 33.8 Å². The molecular weight excluding hydrogens is 298 g/mol. The summed E-state index contributed by atoms with van der Waals surface area (Å²) in [7, 11) is 0. The lowest BCUT2D eigenvalue weighted by atomic mass is 10.2. The molecule has 3 N–H and O–H groups in total. The molecule has 0 aliphatic heterocycles. The van der Waals surface area contributed by atoms with E-state index in [0.717, 1.165) is 28.1 Å². The van der Waals surface area contributed by atoms with Crippen molar-refractivity contribution in [3.8, 4) is 0 Å². The van der Waals surface area contributed by atoms with Crippen LogP contribution in [0, 0.1) is 0 Å². The molecule has 114 valence electrons. The van der Waals surface area contributed by atoms with E-state index in [1.54, 1.807) is 5.38 Å². The van der Waals surface area contributed by atoms with Gasteiger partial charge in [-0.2, -0.15) is 5.10 Å². The number of rotatable bonds is 5. The second-order valence-corrected chi connectivity index (χ2v) is 5.80. The molecular formula is C15H17N5OS. The van der Waals surface area contributed by atoms with Crippen LogP contribution in [-0.4, -0.2) is 27.2 Å². The number of nitrogens with one attached hydrogen (secondary N) is 1. The Morgan fingerprint density at radius 2 is 2.32 bits per heavy atom. The third-order valence-electron chi connectivity index (χ3n) is 3.34. The fourth-order valence-electron chi connectivity index (χ4n) is 2.25. The molecule has 0 aliphatic rings. The van der Waals surface area contributed by atoms with E-state index < -0.39 is 0 Å². The SMILES string of the molecule is CCn1ncc2ccc(NC(=O)c3csc(CCN)n3)cc21. The van der Waals surface area contributed by atoms with Gasteiger partial charge in [0.2, 0.25) is 0 Å². The highest BCUT2D eigenvalue weighted by atomic mass is 32.1. The second-order valence-electron chi connectivity index (χ2n) is 4.85. The molecule has 3 aromatic rings. The van der Waals surface area contributed by atoms with Gasteiger partial charge in [0.1, 0.15) is 5.69 Å². The van der Waals surface area contributed by atoms with Crippen molar-refractivity contribution in [3.63, 3.8) is 0 Å². The first kappa shape index (κ1) is 14.7. The number of anilines is 1. The molecule has 0 unspecified atom stereocenters. The zero-order chi connectivity index (χ0) is 15.5. The van der Waals surface area contributed by atoms with Gasteiger partial charge in [-0.25, -0.2) is 4.98 Å². The number of aryl methyl sites for hydroxylation is 1. The van der Waals surface area contributed by atoms with Gasteiger partial charge in [-0.1, -0.05) is 0 Å². The number of nitrogens with zero attached hydrogens (tertiary/aromatic N) is 3. The third-order valence-corrected chi connectivity index (χ3v) is 4.25. The maximum atomic E-state index is 12.2. The quantitative estimate of drug-likeness (QED) is 0.756. The van der Waals surface area contributed by atoms with Crippen LogP contribution in [0.1, 0.15) is 22.4 Å². The normalized spacial score (nSPS) is 11.0. The lowest BCUT2D eigenvalue weighted by molar-refractivity contribution is 0.102. The molecule has 6 nitrogen and oxygen atoms in total. The van der Waals surface area contributed by atoms with Gasteiger partial charge < -0.3 is 11.1 Å². The topological polar surface area (TPSA) is 85.8 Å². The molecule has 7 heteroatoms. The number of hydrogen-bond acceptors (Lipinski definition) is 5. The minimum atomic E-state index is -0.207. The molecule has 0 saturated carbocycles. The van der Waals surface area contributed by atoms with Crippen LogP contribution in [0.3, 0.4) is 0 Å². The molecule has 0 spiro atoms. The van der Waals surface area contributed by atoms with Crippen molar-refractivity contribution in [3.05, 3.63) is 40.5 Å². The predicted octanol–water partition coefficient (Wildman–Crippen LogP) is 2.27. The van der Waals surface area contributed by atoms with Gasteiger partial charge in [-0.15, -0.1) is 11.3 Å². The number of thiazole rings is 1. The molecule has 2 aromatic heterocycles. The van der Waals surface area contributed by atoms with Gasteiger partial charge >= 0.3 is 0 Å².